The summed E-state index contributed by atoms with van der Waals surface area (Å²) >= 11 is 1.45. The normalized spacial score (nSPS) is 10.3. The van der Waals surface area contributed by atoms with Crippen molar-refractivity contribution >= 4 is 17.2 Å². The maximum atomic E-state index is 11.7. The van der Waals surface area contributed by atoms with Gasteiger partial charge in [0.25, 0.3) is 5.91 Å². The van der Waals surface area contributed by atoms with Crippen molar-refractivity contribution in [3.63, 3.8) is 0 Å². The first-order valence-corrected chi connectivity index (χ1v) is 5.76. The number of rotatable bonds is 4. The Hall–Kier alpha value is -1.66. The summed E-state index contributed by atoms with van der Waals surface area (Å²) in [5.74, 6) is -0.212. The van der Waals surface area contributed by atoms with Crippen molar-refractivity contribution < 1.29 is 4.79 Å². The number of amides is 1. The SMILES string of the molecule is NCCc1nc(C(=O)Nn2cccc2)cs1. The van der Waals surface area contributed by atoms with E-state index in [0.29, 0.717) is 18.7 Å². The lowest BCUT2D eigenvalue weighted by atomic mass is 10.4. The molecule has 6 heteroatoms. The zero-order chi connectivity index (χ0) is 11.4. The Balaban J connectivity index is 2.03. The lowest BCUT2D eigenvalue weighted by Crippen LogP contribution is -2.21. The van der Waals surface area contributed by atoms with E-state index >= 15 is 0 Å². The number of aromatic nitrogens is 2. The molecule has 0 radical (unpaired) electrons. The number of hydrogen-bond donors (Lipinski definition) is 2. The summed E-state index contributed by atoms with van der Waals surface area (Å²) in [5.41, 5.74) is 8.53. The number of carbonyl (C=O) groups excluding carboxylic acids is 1. The molecule has 0 fully saturated rings. The second-order valence-corrected chi connectivity index (χ2v) is 4.14. The van der Waals surface area contributed by atoms with Gasteiger partial charge in [0.15, 0.2) is 0 Å². The number of carbonyl (C=O) groups is 1. The minimum atomic E-state index is -0.212. The molecule has 2 aromatic heterocycles. The van der Waals surface area contributed by atoms with Crippen LogP contribution in [-0.4, -0.2) is 22.1 Å². The average molecular weight is 236 g/mol. The minimum Gasteiger partial charge on any atom is -0.330 e. The Morgan fingerprint density at radius 1 is 1.50 bits per heavy atom. The molecule has 0 aromatic carbocycles. The molecule has 5 nitrogen and oxygen atoms in total. The van der Waals surface area contributed by atoms with Crippen molar-refractivity contribution in [2.75, 3.05) is 12.0 Å². The molecule has 84 valence electrons. The summed E-state index contributed by atoms with van der Waals surface area (Å²) in [6, 6.07) is 3.67. The summed E-state index contributed by atoms with van der Waals surface area (Å²) in [5, 5.41) is 2.63. The van der Waals surface area contributed by atoms with Gasteiger partial charge >= 0.3 is 0 Å². The van der Waals surface area contributed by atoms with Crippen molar-refractivity contribution in [1.82, 2.24) is 9.66 Å². The van der Waals surface area contributed by atoms with E-state index in [2.05, 4.69) is 10.4 Å². The molecule has 2 aromatic rings. The fourth-order valence-corrected chi connectivity index (χ4v) is 2.03. The summed E-state index contributed by atoms with van der Waals surface area (Å²) in [4.78, 5) is 15.9. The van der Waals surface area contributed by atoms with Gasteiger partial charge in [-0.15, -0.1) is 11.3 Å². The average Bonchev–Trinajstić information content (AvgIpc) is 2.89. The van der Waals surface area contributed by atoms with E-state index in [0.717, 1.165) is 5.01 Å². The van der Waals surface area contributed by atoms with Gasteiger partial charge in [-0.05, 0) is 18.7 Å². The number of nitrogens with two attached hydrogens (primary N) is 1. The Morgan fingerprint density at radius 3 is 2.94 bits per heavy atom. The minimum absolute atomic E-state index is 0.212. The van der Waals surface area contributed by atoms with Crippen LogP contribution in [0.25, 0.3) is 0 Å². The highest BCUT2D eigenvalue weighted by Gasteiger charge is 2.10. The number of thiazole rings is 1. The third-order valence-electron chi connectivity index (χ3n) is 1.98. The molecule has 1 amide bonds. The van der Waals surface area contributed by atoms with Crippen LogP contribution in [0.15, 0.2) is 29.9 Å². The highest BCUT2D eigenvalue weighted by Crippen LogP contribution is 2.10. The number of nitrogens with zero attached hydrogens (tertiary/aromatic N) is 2. The molecule has 2 heterocycles. The van der Waals surface area contributed by atoms with E-state index in [4.69, 9.17) is 5.73 Å². The van der Waals surface area contributed by atoms with Crippen molar-refractivity contribution in [3.05, 3.63) is 40.6 Å². The zero-order valence-corrected chi connectivity index (χ0v) is 9.41. The Kier molecular flexibility index (Phi) is 3.33. The van der Waals surface area contributed by atoms with Gasteiger partial charge in [-0.3, -0.25) is 14.9 Å². The predicted molar refractivity (Wildman–Crippen MR) is 63.0 cm³/mol. The van der Waals surface area contributed by atoms with Gasteiger partial charge in [0.05, 0.1) is 5.01 Å². The number of hydrogen-bond acceptors (Lipinski definition) is 4. The van der Waals surface area contributed by atoms with Gasteiger partial charge in [0, 0.05) is 24.2 Å². The lowest BCUT2D eigenvalue weighted by Gasteiger charge is -2.02. The first kappa shape index (κ1) is 10.8. The molecular weight excluding hydrogens is 224 g/mol. The van der Waals surface area contributed by atoms with Crippen LogP contribution in [-0.2, 0) is 6.42 Å². The quantitative estimate of drug-likeness (QED) is 0.825. The molecule has 0 saturated heterocycles. The molecule has 0 atom stereocenters. The van der Waals surface area contributed by atoms with E-state index in [9.17, 15) is 4.79 Å². The molecule has 0 aliphatic rings. The van der Waals surface area contributed by atoms with E-state index < -0.39 is 0 Å². The van der Waals surface area contributed by atoms with Gasteiger partial charge in [-0.1, -0.05) is 0 Å². The first-order chi connectivity index (χ1) is 7.79. The molecule has 0 spiro atoms. The van der Waals surface area contributed by atoms with Crippen LogP contribution < -0.4 is 11.2 Å². The predicted octanol–water partition coefficient (Wildman–Crippen LogP) is 0.830. The molecule has 2 rings (SSSR count). The molecule has 16 heavy (non-hydrogen) atoms. The fourth-order valence-electron chi connectivity index (χ4n) is 1.24. The molecule has 0 aliphatic heterocycles. The van der Waals surface area contributed by atoms with E-state index in [1.54, 1.807) is 22.4 Å². The van der Waals surface area contributed by atoms with Crippen molar-refractivity contribution in [2.24, 2.45) is 5.73 Å². The molecule has 0 bridgehead atoms. The third-order valence-corrected chi connectivity index (χ3v) is 2.89. The van der Waals surface area contributed by atoms with Gasteiger partial charge in [-0.25, -0.2) is 4.98 Å². The van der Waals surface area contributed by atoms with Crippen LogP contribution in [0.3, 0.4) is 0 Å². The highest BCUT2D eigenvalue weighted by molar-refractivity contribution is 7.09. The summed E-state index contributed by atoms with van der Waals surface area (Å²) in [6.45, 7) is 0.548. The molecule has 0 aliphatic carbocycles. The highest BCUT2D eigenvalue weighted by atomic mass is 32.1. The van der Waals surface area contributed by atoms with Crippen molar-refractivity contribution in [1.29, 1.82) is 0 Å². The largest absolute Gasteiger partial charge is 0.330 e. The summed E-state index contributed by atoms with van der Waals surface area (Å²) in [7, 11) is 0. The van der Waals surface area contributed by atoms with E-state index in [1.807, 2.05) is 12.1 Å². The van der Waals surface area contributed by atoms with Crippen LogP contribution in [0.1, 0.15) is 15.5 Å². The van der Waals surface area contributed by atoms with Crippen LogP contribution in [0.5, 0.6) is 0 Å². The van der Waals surface area contributed by atoms with Crippen LogP contribution in [0.2, 0.25) is 0 Å². The Labute approximate surface area is 96.9 Å². The van der Waals surface area contributed by atoms with Crippen molar-refractivity contribution in [2.45, 2.75) is 6.42 Å². The van der Waals surface area contributed by atoms with Crippen molar-refractivity contribution in [3.8, 4) is 0 Å². The van der Waals surface area contributed by atoms with Gasteiger partial charge in [0.1, 0.15) is 5.69 Å². The molecule has 0 saturated carbocycles. The maximum absolute atomic E-state index is 11.7. The Morgan fingerprint density at radius 2 is 2.25 bits per heavy atom. The van der Waals surface area contributed by atoms with Gasteiger partial charge in [0.2, 0.25) is 0 Å². The molecular formula is C10H12N4OS. The van der Waals surface area contributed by atoms with Crippen LogP contribution in [0.4, 0.5) is 0 Å². The zero-order valence-electron chi connectivity index (χ0n) is 8.59. The van der Waals surface area contributed by atoms with Crippen LogP contribution in [0, 0.1) is 0 Å². The molecule has 3 N–H and O–H groups in total. The first-order valence-electron chi connectivity index (χ1n) is 4.88. The smallest absolute Gasteiger partial charge is 0.289 e. The van der Waals surface area contributed by atoms with E-state index in [1.165, 1.54) is 11.3 Å². The standard InChI is InChI=1S/C10H12N4OS/c11-4-3-9-12-8(7-16-9)10(15)13-14-5-1-2-6-14/h1-2,5-7H,3-4,11H2,(H,13,15). The summed E-state index contributed by atoms with van der Waals surface area (Å²) in [6.07, 6.45) is 4.22. The monoisotopic (exact) mass is 236 g/mol. The third kappa shape index (κ3) is 2.47. The number of nitrogens with one attached hydrogen (secondary N) is 1. The fraction of sp³-hybridized carbons (Fsp3) is 0.200. The van der Waals surface area contributed by atoms with E-state index in [-0.39, 0.29) is 5.91 Å². The lowest BCUT2D eigenvalue weighted by molar-refractivity contribution is 0.100. The second-order valence-electron chi connectivity index (χ2n) is 3.20. The Bertz CT molecular complexity index is 463. The topological polar surface area (TPSA) is 72.9 Å². The van der Waals surface area contributed by atoms with Gasteiger partial charge in [-0.2, -0.15) is 0 Å². The second kappa shape index (κ2) is 4.91. The molecule has 0 unspecified atom stereocenters. The summed E-state index contributed by atoms with van der Waals surface area (Å²) < 4.78 is 1.59. The maximum Gasteiger partial charge on any atom is 0.289 e. The van der Waals surface area contributed by atoms with Gasteiger partial charge < -0.3 is 5.73 Å². The van der Waals surface area contributed by atoms with Crippen LogP contribution >= 0.6 is 11.3 Å².